The summed E-state index contributed by atoms with van der Waals surface area (Å²) in [6.45, 7) is -0.256. The Morgan fingerprint density at radius 1 is 0.893 bits per heavy atom. The second kappa shape index (κ2) is 8.59. The van der Waals surface area contributed by atoms with E-state index in [-0.39, 0.29) is 18.1 Å². The van der Waals surface area contributed by atoms with Crippen LogP contribution >= 0.6 is 0 Å². The van der Waals surface area contributed by atoms with E-state index in [1.54, 1.807) is 6.07 Å². The minimum Gasteiger partial charge on any atom is -0.504 e. The van der Waals surface area contributed by atoms with Gasteiger partial charge in [0, 0.05) is 6.08 Å². The Hall–Kier alpha value is -4.00. The number of hydrogen-bond acceptors (Lipinski definition) is 5. The zero-order valence-electron chi connectivity index (χ0n) is 14.8. The van der Waals surface area contributed by atoms with Crippen molar-refractivity contribution in [1.82, 2.24) is 10.9 Å². The van der Waals surface area contributed by atoms with Crippen LogP contribution in [0.1, 0.15) is 5.56 Å². The number of rotatable bonds is 5. The Morgan fingerprint density at radius 2 is 1.68 bits per heavy atom. The molecule has 0 spiro atoms. The summed E-state index contributed by atoms with van der Waals surface area (Å²) in [6.07, 6.45) is 2.60. The van der Waals surface area contributed by atoms with E-state index in [0.29, 0.717) is 11.3 Å². The Balaban J connectivity index is 1.45. The first-order valence-electron chi connectivity index (χ1n) is 8.42. The number of aromatic hydroxyl groups is 2. The van der Waals surface area contributed by atoms with Gasteiger partial charge in [-0.05, 0) is 46.7 Å². The minimum absolute atomic E-state index is 0.250. The van der Waals surface area contributed by atoms with E-state index in [9.17, 15) is 19.8 Å². The average Bonchev–Trinajstić information content (AvgIpc) is 2.71. The zero-order chi connectivity index (χ0) is 19.9. The maximum absolute atomic E-state index is 11.8. The number of phenolic OH excluding ortho intramolecular Hbond substituents is 2. The number of fused-ring (bicyclic) bond motifs is 1. The van der Waals surface area contributed by atoms with Crippen molar-refractivity contribution in [2.45, 2.75) is 0 Å². The molecule has 0 atom stereocenters. The van der Waals surface area contributed by atoms with Gasteiger partial charge >= 0.3 is 0 Å². The molecule has 3 aromatic rings. The van der Waals surface area contributed by atoms with Gasteiger partial charge in [0.2, 0.25) is 0 Å². The summed E-state index contributed by atoms with van der Waals surface area (Å²) in [7, 11) is 0. The molecule has 0 aliphatic rings. The maximum atomic E-state index is 11.8. The number of ether oxygens (including phenoxy) is 1. The van der Waals surface area contributed by atoms with Gasteiger partial charge in [-0.1, -0.05) is 36.4 Å². The van der Waals surface area contributed by atoms with Gasteiger partial charge in [-0.25, -0.2) is 0 Å². The second-order valence-electron chi connectivity index (χ2n) is 5.92. The van der Waals surface area contributed by atoms with Crippen LogP contribution in [-0.2, 0) is 9.59 Å². The standard InChI is InChI=1S/C21H18N2O5/c24-18-9-5-14(11-19(18)25)6-10-20(26)22-23-21(27)13-28-17-8-7-15-3-1-2-4-16(15)12-17/h1-12,24-25H,13H2,(H,22,26)(H,23,27)/b10-6+. The number of carbonyl (C=O) groups excluding carboxylic acids is 2. The molecule has 28 heavy (non-hydrogen) atoms. The quantitative estimate of drug-likeness (QED) is 0.310. The highest BCUT2D eigenvalue weighted by Crippen LogP contribution is 2.25. The SMILES string of the molecule is O=C(/C=C/c1ccc(O)c(O)c1)NNC(=O)COc1ccc2ccccc2c1. The van der Waals surface area contributed by atoms with Gasteiger partial charge in [0.05, 0.1) is 0 Å². The summed E-state index contributed by atoms with van der Waals surface area (Å²) >= 11 is 0. The third-order valence-electron chi connectivity index (χ3n) is 3.84. The fourth-order valence-electron chi connectivity index (χ4n) is 2.43. The van der Waals surface area contributed by atoms with Crippen molar-refractivity contribution in [3.05, 3.63) is 72.3 Å². The van der Waals surface area contributed by atoms with Gasteiger partial charge in [0.15, 0.2) is 18.1 Å². The lowest BCUT2D eigenvalue weighted by Crippen LogP contribution is -2.43. The maximum Gasteiger partial charge on any atom is 0.276 e. The van der Waals surface area contributed by atoms with Crippen LogP contribution in [0.3, 0.4) is 0 Å². The summed E-state index contributed by atoms with van der Waals surface area (Å²) in [5, 5.41) is 20.7. The average molecular weight is 378 g/mol. The van der Waals surface area contributed by atoms with Crippen LogP contribution < -0.4 is 15.6 Å². The van der Waals surface area contributed by atoms with Gasteiger partial charge in [0.1, 0.15) is 5.75 Å². The van der Waals surface area contributed by atoms with Crippen LogP contribution in [0.5, 0.6) is 17.2 Å². The second-order valence-corrected chi connectivity index (χ2v) is 5.92. The predicted molar refractivity (Wildman–Crippen MR) is 105 cm³/mol. The summed E-state index contributed by atoms with van der Waals surface area (Å²) in [5.74, 6) is -1.07. The van der Waals surface area contributed by atoms with Crippen molar-refractivity contribution in [2.24, 2.45) is 0 Å². The van der Waals surface area contributed by atoms with E-state index in [4.69, 9.17) is 4.74 Å². The molecule has 3 aromatic carbocycles. The molecule has 2 amide bonds. The molecule has 7 heteroatoms. The van der Waals surface area contributed by atoms with Crippen molar-refractivity contribution >= 4 is 28.7 Å². The van der Waals surface area contributed by atoms with Gasteiger partial charge < -0.3 is 14.9 Å². The number of hydrazine groups is 1. The Kier molecular flexibility index (Phi) is 5.76. The monoisotopic (exact) mass is 378 g/mol. The van der Waals surface area contributed by atoms with Crippen LogP contribution in [0.15, 0.2) is 66.7 Å². The summed E-state index contributed by atoms with van der Waals surface area (Å²) < 4.78 is 5.43. The molecule has 7 nitrogen and oxygen atoms in total. The van der Waals surface area contributed by atoms with Gasteiger partial charge in [-0.15, -0.1) is 0 Å². The Labute approximate surface area is 160 Å². The lowest BCUT2D eigenvalue weighted by Gasteiger charge is -2.08. The van der Waals surface area contributed by atoms with E-state index in [2.05, 4.69) is 10.9 Å². The molecule has 3 rings (SSSR count). The zero-order valence-corrected chi connectivity index (χ0v) is 14.8. The third-order valence-corrected chi connectivity index (χ3v) is 3.84. The number of carbonyl (C=O) groups is 2. The van der Waals surface area contributed by atoms with Crippen LogP contribution in [0.4, 0.5) is 0 Å². The number of hydrogen-bond donors (Lipinski definition) is 4. The molecule has 0 radical (unpaired) electrons. The van der Waals surface area contributed by atoms with E-state index in [1.807, 2.05) is 36.4 Å². The first-order chi connectivity index (χ1) is 13.5. The molecule has 0 bridgehead atoms. The fourth-order valence-corrected chi connectivity index (χ4v) is 2.43. The molecule has 0 saturated carbocycles. The number of benzene rings is 3. The van der Waals surface area contributed by atoms with Crippen molar-refractivity contribution < 1.29 is 24.5 Å². The van der Waals surface area contributed by atoms with Crippen LogP contribution in [0.25, 0.3) is 16.8 Å². The Morgan fingerprint density at radius 3 is 2.46 bits per heavy atom. The van der Waals surface area contributed by atoms with Crippen molar-refractivity contribution in [2.75, 3.05) is 6.61 Å². The van der Waals surface area contributed by atoms with E-state index in [0.717, 1.165) is 10.8 Å². The highest BCUT2D eigenvalue weighted by Gasteiger charge is 2.05. The molecule has 4 N–H and O–H groups in total. The molecule has 0 heterocycles. The lowest BCUT2D eigenvalue weighted by molar-refractivity contribution is -0.128. The van der Waals surface area contributed by atoms with E-state index in [1.165, 1.54) is 30.4 Å². The largest absolute Gasteiger partial charge is 0.504 e. The Bertz CT molecular complexity index is 1050. The molecule has 0 fully saturated rings. The molecule has 0 aromatic heterocycles. The van der Waals surface area contributed by atoms with Gasteiger partial charge in [-0.2, -0.15) is 0 Å². The molecular weight excluding hydrogens is 360 g/mol. The van der Waals surface area contributed by atoms with E-state index >= 15 is 0 Å². The normalized spacial score (nSPS) is 10.7. The molecule has 0 aliphatic heterocycles. The number of nitrogens with one attached hydrogen (secondary N) is 2. The molecule has 0 unspecified atom stereocenters. The molecule has 0 saturated heterocycles. The first-order valence-corrected chi connectivity index (χ1v) is 8.42. The van der Waals surface area contributed by atoms with E-state index < -0.39 is 11.8 Å². The lowest BCUT2D eigenvalue weighted by atomic mass is 10.1. The summed E-state index contributed by atoms with van der Waals surface area (Å²) in [4.78, 5) is 23.5. The topological polar surface area (TPSA) is 108 Å². The van der Waals surface area contributed by atoms with Crippen LogP contribution in [0, 0.1) is 0 Å². The van der Waals surface area contributed by atoms with Crippen LogP contribution in [-0.4, -0.2) is 28.6 Å². The summed E-state index contributed by atoms with van der Waals surface area (Å²) in [5.41, 5.74) is 4.98. The van der Waals surface area contributed by atoms with Gasteiger partial charge in [-0.3, -0.25) is 20.4 Å². The third kappa shape index (κ3) is 5.01. The van der Waals surface area contributed by atoms with Gasteiger partial charge in [0.25, 0.3) is 11.8 Å². The number of amides is 2. The molecular formula is C21H18N2O5. The predicted octanol–water partition coefficient (Wildman–Crippen LogP) is 2.49. The fraction of sp³-hybridized carbons (Fsp3) is 0.0476. The molecule has 0 aliphatic carbocycles. The van der Waals surface area contributed by atoms with Crippen molar-refractivity contribution in [1.29, 1.82) is 0 Å². The highest BCUT2D eigenvalue weighted by atomic mass is 16.5. The highest BCUT2D eigenvalue weighted by molar-refractivity contribution is 5.93. The first kappa shape index (κ1) is 18.8. The number of phenols is 2. The van der Waals surface area contributed by atoms with Crippen molar-refractivity contribution in [3.63, 3.8) is 0 Å². The molecule has 142 valence electrons. The minimum atomic E-state index is -0.563. The van der Waals surface area contributed by atoms with Crippen molar-refractivity contribution in [3.8, 4) is 17.2 Å². The summed E-state index contributed by atoms with van der Waals surface area (Å²) in [6, 6.07) is 17.4. The smallest absolute Gasteiger partial charge is 0.276 e. The van der Waals surface area contributed by atoms with Crippen LogP contribution in [0.2, 0.25) is 0 Å².